The van der Waals surface area contributed by atoms with Crippen molar-refractivity contribution in [3.8, 4) is 5.75 Å². The van der Waals surface area contributed by atoms with Crippen LogP contribution in [0, 0.1) is 0 Å². The number of rotatable bonds is 11. The number of H-pyrrole nitrogens is 1. The van der Waals surface area contributed by atoms with E-state index in [0.29, 0.717) is 24.5 Å². The normalized spacial score (nSPS) is 17.7. The van der Waals surface area contributed by atoms with Crippen LogP contribution in [0.4, 0.5) is 0 Å². The van der Waals surface area contributed by atoms with Gasteiger partial charge in [0.2, 0.25) is 5.91 Å². The highest BCUT2D eigenvalue weighted by molar-refractivity contribution is 6.01. The van der Waals surface area contributed by atoms with Gasteiger partial charge in [-0.3, -0.25) is 14.4 Å². The number of hydrogen-bond acceptors (Lipinski definition) is 5. The van der Waals surface area contributed by atoms with Gasteiger partial charge in [0.15, 0.2) is 5.78 Å². The Kier molecular flexibility index (Phi) is 7.47. The Bertz CT molecular complexity index is 1440. The molecule has 0 spiro atoms. The van der Waals surface area contributed by atoms with Crippen molar-refractivity contribution in [3.63, 3.8) is 0 Å². The number of aromatic amines is 1. The van der Waals surface area contributed by atoms with Crippen LogP contribution in [0.1, 0.15) is 28.5 Å². The second-order valence-electron chi connectivity index (χ2n) is 9.98. The molecule has 2 heterocycles. The smallest absolute Gasteiger partial charge is 0.268 e. The maximum atomic E-state index is 13.7. The van der Waals surface area contributed by atoms with Gasteiger partial charge in [0.1, 0.15) is 23.1 Å². The number of carbonyl (C=O) groups is 3. The van der Waals surface area contributed by atoms with Crippen molar-refractivity contribution >= 4 is 28.5 Å². The molecule has 1 fully saturated rings. The lowest BCUT2D eigenvalue weighted by Crippen LogP contribution is -2.54. The van der Waals surface area contributed by atoms with Crippen molar-refractivity contribution in [2.24, 2.45) is 0 Å². The zero-order chi connectivity index (χ0) is 27.4. The van der Waals surface area contributed by atoms with Gasteiger partial charge in [0.05, 0.1) is 19.8 Å². The standard InChI is InChI=1S/C31H31N3O5/c1-31(19-39-31)28(35)25(16-20-8-4-3-5-9-20)33-29(36)26(17-21-12-14-23(38-2)15-13-21)34-30(37)27-18-22-10-6-7-11-24(22)32-27/h3-15,18,25-26,32H,16-17,19H2,1-2H3,(H,33,36)(H,34,37)/t25-,26-,31+/m0/s1. The maximum Gasteiger partial charge on any atom is 0.268 e. The van der Waals surface area contributed by atoms with E-state index in [1.807, 2.05) is 66.7 Å². The van der Waals surface area contributed by atoms with E-state index in [4.69, 9.17) is 9.47 Å². The molecule has 0 radical (unpaired) electrons. The van der Waals surface area contributed by atoms with Crippen molar-refractivity contribution in [3.05, 3.63) is 102 Å². The lowest BCUT2D eigenvalue weighted by Gasteiger charge is -2.24. The number of Topliss-reactive ketones (excluding diaryl/α,β-unsaturated/α-hetero) is 1. The quantitative estimate of drug-likeness (QED) is 0.259. The fourth-order valence-corrected chi connectivity index (χ4v) is 4.59. The van der Waals surface area contributed by atoms with Gasteiger partial charge in [-0.1, -0.05) is 60.7 Å². The van der Waals surface area contributed by atoms with E-state index >= 15 is 0 Å². The maximum absolute atomic E-state index is 13.7. The van der Waals surface area contributed by atoms with E-state index < -0.39 is 29.5 Å². The van der Waals surface area contributed by atoms with Gasteiger partial charge in [-0.25, -0.2) is 0 Å². The highest BCUT2D eigenvalue weighted by Gasteiger charge is 2.50. The number of benzene rings is 3. The van der Waals surface area contributed by atoms with E-state index in [9.17, 15) is 14.4 Å². The molecule has 39 heavy (non-hydrogen) atoms. The monoisotopic (exact) mass is 525 g/mol. The first kappa shape index (κ1) is 26.2. The number of amides is 2. The van der Waals surface area contributed by atoms with Crippen LogP contribution in [0.15, 0.2) is 84.9 Å². The van der Waals surface area contributed by atoms with Crippen LogP contribution in [0.5, 0.6) is 5.75 Å². The van der Waals surface area contributed by atoms with Crippen molar-refractivity contribution in [1.82, 2.24) is 15.6 Å². The minimum atomic E-state index is -0.934. The summed E-state index contributed by atoms with van der Waals surface area (Å²) in [6, 6.07) is 24.4. The zero-order valence-corrected chi connectivity index (χ0v) is 21.9. The molecule has 0 saturated carbocycles. The Labute approximate surface area is 226 Å². The summed E-state index contributed by atoms with van der Waals surface area (Å²) in [4.78, 5) is 43.4. The van der Waals surface area contributed by atoms with E-state index in [-0.39, 0.29) is 12.2 Å². The second kappa shape index (κ2) is 11.1. The average Bonchev–Trinajstić information content (AvgIpc) is 3.56. The SMILES string of the molecule is COc1ccc(C[C@H](NC(=O)c2cc3ccccc3[nH]2)C(=O)N[C@@H](Cc2ccccc2)C(=O)[C@@]2(C)CO2)cc1. The molecular formula is C31H31N3O5. The number of aromatic nitrogens is 1. The van der Waals surface area contributed by atoms with Crippen molar-refractivity contribution in [2.45, 2.75) is 37.5 Å². The van der Waals surface area contributed by atoms with Crippen LogP contribution in [-0.4, -0.2) is 54.0 Å². The van der Waals surface area contributed by atoms with Crippen molar-refractivity contribution in [1.29, 1.82) is 0 Å². The molecule has 2 amide bonds. The molecule has 200 valence electrons. The van der Waals surface area contributed by atoms with Crippen LogP contribution in [0.2, 0.25) is 0 Å². The molecule has 8 heteroatoms. The van der Waals surface area contributed by atoms with Crippen LogP contribution in [0.25, 0.3) is 10.9 Å². The predicted octanol–water partition coefficient (Wildman–Crippen LogP) is 3.60. The molecule has 0 bridgehead atoms. The van der Waals surface area contributed by atoms with Gasteiger partial charge in [-0.05, 0) is 48.7 Å². The number of epoxide rings is 1. The van der Waals surface area contributed by atoms with Gasteiger partial charge in [-0.2, -0.15) is 0 Å². The summed E-state index contributed by atoms with van der Waals surface area (Å²) in [5, 5.41) is 6.69. The van der Waals surface area contributed by atoms with E-state index in [0.717, 1.165) is 22.0 Å². The van der Waals surface area contributed by atoms with Gasteiger partial charge in [0.25, 0.3) is 5.91 Å². The molecule has 8 nitrogen and oxygen atoms in total. The van der Waals surface area contributed by atoms with Crippen molar-refractivity contribution in [2.75, 3.05) is 13.7 Å². The molecule has 5 rings (SSSR count). The second-order valence-corrected chi connectivity index (χ2v) is 9.98. The highest BCUT2D eigenvalue weighted by atomic mass is 16.6. The summed E-state index contributed by atoms with van der Waals surface area (Å²) in [6.07, 6.45) is 0.539. The first-order valence-electron chi connectivity index (χ1n) is 12.9. The molecule has 3 aromatic carbocycles. The summed E-state index contributed by atoms with van der Waals surface area (Å²) in [6.45, 7) is 2.05. The van der Waals surface area contributed by atoms with Crippen molar-refractivity contribution < 1.29 is 23.9 Å². The summed E-state index contributed by atoms with van der Waals surface area (Å²) in [7, 11) is 1.58. The van der Waals surface area contributed by atoms with Gasteiger partial charge < -0.3 is 25.1 Å². The third-order valence-electron chi connectivity index (χ3n) is 7.01. The Balaban J connectivity index is 1.39. The molecule has 0 aliphatic carbocycles. The Hall–Kier alpha value is -4.43. The first-order chi connectivity index (χ1) is 18.8. The van der Waals surface area contributed by atoms with E-state index in [2.05, 4.69) is 15.6 Å². The number of ketones is 1. The number of para-hydroxylation sites is 1. The fraction of sp³-hybridized carbons (Fsp3) is 0.258. The zero-order valence-electron chi connectivity index (χ0n) is 21.9. The lowest BCUT2D eigenvalue weighted by atomic mass is 9.94. The number of methoxy groups -OCH3 is 1. The number of ether oxygens (including phenoxy) is 2. The topological polar surface area (TPSA) is 113 Å². The minimum Gasteiger partial charge on any atom is -0.497 e. The van der Waals surface area contributed by atoms with Crippen LogP contribution >= 0.6 is 0 Å². The third-order valence-corrected chi connectivity index (χ3v) is 7.01. The summed E-state index contributed by atoms with van der Waals surface area (Å²) < 4.78 is 10.6. The third kappa shape index (κ3) is 6.18. The lowest BCUT2D eigenvalue weighted by molar-refractivity contribution is -0.131. The molecule has 1 aromatic heterocycles. The summed E-state index contributed by atoms with van der Waals surface area (Å²) in [5.41, 5.74) is 2.00. The molecule has 4 aromatic rings. The number of nitrogens with one attached hydrogen (secondary N) is 3. The average molecular weight is 526 g/mol. The van der Waals surface area contributed by atoms with Gasteiger partial charge in [-0.15, -0.1) is 0 Å². The molecule has 3 N–H and O–H groups in total. The molecule has 0 unspecified atom stereocenters. The number of carbonyl (C=O) groups excluding carboxylic acids is 3. The van der Waals surface area contributed by atoms with Crippen LogP contribution in [0.3, 0.4) is 0 Å². The highest BCUT2D eigenvalue weighted by Crippen LogP contribution is 2.29. The first-order valence-corrected chi connectivity index (χ1v) is 12.9. The van der Waals surface area contributed by atoms with E-state index in [1.54, 1.807) is 32.2 Å². The summed E-state index contributed by atoms with van der Waals surface area (Å²) in [5.74, 6) is -0.366. The molecule has 1 aliphatic rings. The molecule has 1 saturated heterocycles. The fourth-order valence-electron chi connectivity index (χ4n) is 4.59. The van der Waals surface area contributed by atoms with Crippen LogP contribution in [-0.2, 0) is 27.2 Å². The number of hydrogen-bond donors (Lipinski definition) is 3. The van der Waals surface area contributed by atoms with E-state index in [1.165, 1.54) is 0 Å². The molecular weight excluding hydrogens is 494 g/mol. The Morgan fingerprint density at radius 3 is 2.21 bits per heavy atom. The largest absolute Gasteiger partial charge is 0.497 e. The predicted molar refractivity (Wildman–Crippen MR) is 148 cm³/mol. The van der Waals surface area contributed by atoms with Crippen LogP contribution < -0.4 is 15.4 Å². The van der Waals surface area contributed by atoms with Gasteiger partial charge in [0, 0.05) is 17.3 Å². The minimum absolute atomic E-state index is 0.190. The number of fused-ring (bicyclic) bond motifs is 1. The Morgan fingerprint density at radius 1 is 0.897 bits per heavy atom. The Morgan fingerprint density at radius 2 is 1.54 bits per heavy atom. The van der Waals surface area contributed by atoms with Gasteiger partial charge >= 0.3 is 0 Å². The molecule has 1 aliphatic heterocycles. The molecule has 3 atom stereocenters. The summed E-state index contributed by atoms with van der Waals surface area (Å²) >= 11 is 0.